The van der Waals surface area contributed by atoms with Gasteiger partial charge in [-0.25, -0.2) is 0 Å². The van der Waals surface area contributed by atoms with E-state index in [2.05, 4.69) is 22.8 Å². The monoisotopic (exact) mass is 406 g/mol. The van der Waals surface area contributed by atoms with Gasteiger partial charge in [-0.15, -0.1) is 0 Å². The van der Waals surface area contributed by atoms with E-state index in [1.54, 1.807) is 12.1 Å². The van der Waals surface area contributed by atoms with Crippen molar-refractivity contribution in [3.63, 3.8) is 0 Å². The molecule has 156 valence electrons. The summed E-state index contributed by atoms with van der Waals surface area (Å²) in [6.45, 7) is 0.832. The Morgan fingerprint density at radius 1 is 0.767 bits per heavy atom. The number of rotatable bonds is 9. The van der Waals surface area contributed by atoms with Crippen LogP contribution in [0.1, 0.15) is 15.9 Å². The highest BCUT2D eigenvalue weighted by atomic mass is 16.5. The number of carbonyl (C=O) groups is 1. The Hall–Kier alpha value is -3.67. The molecule has 0 fully saturated rings. The molecule has 3 aromatic carbocycles. The van der Waals surface area contributed by atoms with Gasteiger partial charge in [0.15, 0.2) is 11.5 Å². The predicted octanol–water partition coefficient (Wildman–Crippen LogP) is 4.62. The highest BCUT2D eigenvalue weighted by Crippen LogP contribution is 2.39. The molecule has 0 bridgehead atoms. The summed E-state index contributed by atoms with van der Waals surface area (Å²) in [6, 6.07) is 21.2. The average molecular weight is 406 g/mol. The minimum atomic E-state index is -0.294. The van der Waals surface area contributed by atoms with Crippen molar-refractivity contribution in [1.82, 2.24) is 0 Å². The molecule has 3 rings (SSSR count). The van der Waals surface area contributed by atoms with Crippen LogP contribution in [0.3, 0.4) is 0 Å². The van der Waals surface area contributed by atoms with Crippen molar-refractivity contribution in [2.45, 2.75) is 6.42 Å². The molecule has 0 atom stereocenters. The topological polar surface area (TPSA) is 68.8 Å². The summed E-state index contributed by atoms with van der Waals surface area (Å²) < 4.78 is 16.0. The number of methoxy groups -OCH3 is 3. The maximum Gasteiger partial charge on any atom is 0.259 e. The van der Waals surface area contributed by atoms with Gasteiger partial charge in [0.25, 0.3) is 5.91 Å². The first-order valence-corrected chi connectivity index (χ1v) is 9.64. The molecule has 0 aliphatic carbocycles. The minimum Gasteiger partial charge on any atom is -0.493 e. The highest BCUT2D eigenvalue weighted by molar-refractivity contribution is 6.07. The van der Waals surface area contributed by atoms with Crippen molar-refractivity contribution in [3.8, 4) is 17.2 Å². The van der Waals surface area contributed by atoms with Gasteiger partial charge < -0.3 is 24.8 Å². The summed E-state index contributed by atoms with van der Waals surface area (Å²) in [5.41, 5.74) is 3.33. The zero-order valence-corrected chi connectivity index (χ0v) is 17.4. The first-order valence-electron chi connectivity index (χ1n) is 9.64. The molecule has 0 unspecified atom stereocenters. The Bertz CT molecular complexity index is 973. The SMILES string of the molecule is COc1ccc(C(=O)Nc2ccc(NCCc3ccccc3)cc2)c(OC)c1OC. The van der Waals surface area contributed by atoms with Gasteiger partial charge in [0.1, 0.15) is 0 Å². The largest absolute Gasteiger partial charge is 0.493 e. The normalized spacial score (nSPS) is 10.2. The Labute approximate surface area is 176 Å². The van der Waals surface area contributed by atoms with Gasteiger partial charge >= 0.3 is 0 Å². The number of nitrogens with one attached hydrogen (secondary N) is 2. The second kappa shape index (κ2) is 10.2. The fourth-order valence-corrected chi connectivity index (χ4v) is 3.15. The molecule has 0 aliphatic rings. The maximum atomic E-state index is 12.8. The molecule has 2 N–H and O–H groups in total. The molecule has 0 saturated carbocycles. The number of hydrogen-bond donors (Lipinski definition) is 2. The summed E-state index contributed by atoms with van der Waals surface area (Å²) in [5, 5.41) is 6.28. The summed E-state index contributed by atoms with van der Waals surface area (Å²) >= 11 is 0. The predicted molar refractivity (Wildman–Crippen MR) is 119 cm³/mol. The molecule has 0 heterocycles. The van der Waals surface area contributed by atoms with Crippen molar-refractivity contribution in [1.29, 1.82) is 0 Å². The molecule has 3 aromatic rings. The fourth-order valence-electron chi connectivity index (χ4n) is 3.15. The Balaban J connectivity index is 1.63. The van der Waals surface area contributed by atoms with Gasteiger partial charge in [-0.2, -0.15) is 0 Å². The van der Waals surface area contributed by atoms with Gasteiger partial charge in [-0.3, -0.25) is 4.79 Å². The van der Waals surface area contributed by atoms with E-state index >= 15 is 0 Å². The summed E-state index contributed by atoms with van der Waals surface area (Å²) in [6.07, 6.45) is 0.943. The zero-order valence-electron chi connectivity index (χ0n) is 17.4. The lowest BCUT2D eigenvalue weighted by Crippen LogP contribution is -2.14. The highest BCUT2D eigenvalue weighted by Gasteiger charge is 2.20. The molecule has 0 aromatic heterocycles. The number of benzene rings is 3. The number of carbonyl (C=O) groups excluding carboxylic acids is 1. The maximum absolute atomic E-state index is 12.8. The van der Waals surface area contributed by atoms with Crippen LogP contribution in [0.5, 0.6) is 17.2 Å². The van der Waals surface area contributed by atoms with Crippen LogP contribution in [0.4, 0.5) is 11.4 Å². The minimum absolute atomic E-state index is 0.294. The molecule has 0 aliphatic heterocycles. The standard InChI is InChI=1S/C24H26N2O4/c1-28-21-14-13-20(22(29-2)23(21)30-3)24(27)26-19-11-9-18(10-12-19)25-16-15-17-7-5-4-6-8-17/h4-14,25H,15-16H2,1-3H3,(H,26,27). The van der Waals surface area contributed by atoms with Crippen LogP contribution >= 0.6 is 0 Å². The molecule has 0 radical (unpaired) electrons. The van der Waals surface area contributed by atoms with Crippen LogP contribution in [-0.2, 0) is 6.42 Å². The van der Waals surface area contributed by atoms with E-state index in [-0.39, 0.29) is 5.91 Å². The number of amides is 1. The molecule has 6 heteroatoms. The van der Waals surface area contributed by atoms with E-state index in [9.17, 15) is 4.79 Å². The summed E-state index contributed by atoms with van der Waals surface area (Å²) in [5.74, 6) is 0.911. The van der Waals surface area contributed by atoms with E-state index in [1.165, 1.54) is 26.9 Å². The van der Waals surface area contributed by atoms with Gasteiger partial charge in [0, 0.05) is 17.9 Å². The van der Waals surface area contributed by atoms with Gasteiger partial charge in [-0.1, -0.05) is 30.3 Å². The summed E-state index contributed by atoms with van der Waals surface area (Å²) in [4.78, 5) is 12.8. The first kappa shape index (κ1) is 21.0. The van der Waals surface area contributed by atoms with Crippen molar-refractivity contribution in [2.75, 3.05) is 38.5 Å². The quantitative estimate of drug-likeness (QED) is 0.543. The van der Waals surface area contributed by atoms with Crippen LogP contribution in [0, 0.1) is 0 Å². The van der Waals surface area contributed by atoms with Crippen LogP contribution in [0.2, 0.25) is 0 Å². The van der Waals surface area contributed by atoms with Crippen LogP contribution in [-0.4, -0.2) is 33.8 Å². The first-order chi connectivity index (χ1) is 14.7. The van der Waals surface area contributed by atoms with E-state index < -0.39 is 0 Å². The van der Waals surface area contributed by atoms with Crippen LogP contribution in [0.25, 0.3) is 0 Å². The van der Waals surface area contributed by atoms with Crippen LogP contribution < -0.4 is 24.8 Å². The third-order valence-electron chi connectivity index (χ3n) is 4.68. The van der Waals surface area contributed by atoms with E-state index in [4.69, 9.17) is 14.2 Å². The van der Waals surface area contributed by atoms with Gasteiger partial charge in [0.05, 0.1) is 26.9 Å². The van der Waals surface area contributed by atoms with Crippen LogP contribution in [0.15, 0.2) is 66.7 Å². The van der Waals surface area contributed by atoms with E-state index in [0.717, 1.165) is 18.7 Å². The Kier molecular flexibility index (Phi) is 7.16. The third kappa shape index (κ3) is 5.03. The lowest BCUT2D eigenvalue weighted by atomic mass is 10.1. The third-order valence-corrected chi connectivity index (χ3v) is 4.68. The zero-order chi connectivity index (χ0) is 21.3. The Morgan fingerprint density at radius 2 is 1.43 bits per heavy atom. The van der Waals surface area contributed by atoms with Crippen molar-refractivity contribution in [3.05, 3.63) is 77.9 Å². The molecule has 0 spiro atoms. The number of anilines is 2. The summed E-state index contributed by atoms with van der Waals surface area (Å²) in [7, 11) is 4.53. The second-order valence-electron chi connectivity index (χ2n) is 6.58. The van der Waals surface area contributed by atoms with E-state index in [0.29, 0.717) is 28.5 Å². The lowest BCUT2D eigenvalue weighted by Gasteiger charge is -2.15. The van der Waals surface area contributed by atoms with Crippen molar-refractivity contribution in [2.24, 2.45) is 0 Å². The van der Waals surface area contributed by atoms with Gasteiger partial charge in [0.2, 0.25) is 5.75 Å². The second-order valence-corrected chi connectivity index (χ2v) is 6.58. The molecule has 30 heavy (non-hydrogen) atoms. The Morgan fingerprint density at radius 3 is 2.07 bits per heavy atom. The van der Waals surface area contributed by atoms with Crippen molar-refractivity contribution >= 4 is 17.3 Å². The number of hydrogen-bond acceptors (Lipinski definition) is 5. The molecule has 0 saturated heterocycles. The van der Waals surface area contributed by atoms with Gasteiger partial charge in [-0.05, 0) is 48.4 Å². The smallest absolute Gasteiger partial charge is 0.259 e. The van der Waals surface area contributed by atoms with Crippen molar-refractivity contribution < 1.29 is 19.0 Å². The lowest BCUT2D eigenvalue weighted by molar-refractivity contribution is 0.102. The fraction of sp³-hybridized carbons (Fsp3) is 0.208. The van der Waals surface area contributed by atoms with E-state index in [1.807, 2.05) is 42.5 Å². The molecule has 6 nitrogen and oxygen atoms in total. The molecule has 1 amide bonds. The average Bonchev–Trinajstić information content (AvgIpc) is 2.79. The number of ether oxygens (including phenoxy) is 3. The molecular weight excluding hydrogens is 380 g/mol. The molecular formula is C24H26N2O4.